The van der Waals surface area contributed by atoms with Crippen molar-refractivity contribution in [2.45, 2.75) is 25.9 Å². The van der Waals surface area contributed by atoms with Crippen LogP contribution in [0.4, 0.5) is 0 Å². The van der Waals surface area contributed by atoms with Gasteiger partial charge in [-0.05, 0) is 31.0 Å². The highest BCUT2D eigenvalue weighted by atomic mass is 79.9. The highest BCUT2D eigenvalue weighted by Crippen LogP contribution is 2.24. The fourth-order valence-corrected chi connectivity index (χ4v) is 1.28. The first-order valence-corrected chi connectivity index (χ1v) is 4.84. The Hall–Kier alpha value is -0.340. The molecule has 0 aliphatic carbocycles. The molecule has 2 heteroatoms. The molecule has 0 fully saturated rings. The average Bonchev–Trinajstić information content (AvgIpc) is 2.05. The van der Waals surface area contributed by atoms with Gasteiger partial charge in [0.1, 0.15) is 0 Å². The number of rotatable bonds is 2. The van der Waals surface area contributed by atoms with Crippen LogP contribution in [0.5, 0.6) is 0 Å². The van der Waals surface area contributed by atoms with Gasteiger partial charge in [-0.3, -0.25) is 0 Å². The molecule has 1 rings (SSSR count). The molecule has 1 atom stereocenters. The third-order valence-corrected chi connectivity index (χ3v) is 2.68. The van der Waals surface area contributed by atoms with Crippen molar-refractivity contribution < 1.29 is 5.11 Å². The summed E-state index contributed by atoms with van der Waals surface area (Å²) in [4.78, 5) is 0. The second kappa shape index (κ2) is 3.58. The largest absolute Gasteiger partial charge is 0.385 e. The molecule has 1 aromatic rings. The van der Waals surface area contributed by atoms with Crippen LogP contribution in [0, 0.1) is 0 Å². The van der Waals surface area contributed by atoms with Gasteiger partial charge in [0.05, 0.1) is 5.60 Å². The molecule has 0 radical (unpaired) electrons. The van der Waals surface area contributed by atoms with Gasteiger partial charge in [0.15, 0.2) is 0 Å². The lowest BCUT2D eigenvalue weighted by Crippen LogP contribution is -2.19. The van der Waals surface area contributed by atoms with Crippen LogP contribution in [0.15, 0.2) is 28.7 Å². The maximum atomic E-state index is 9.87. The number of aliphatic hydroxyl groups is 1. The summed E-state index contributed by atoms with van der Waals surface area (Å²) in [6, 6.07) is 7.76. The zero-order valence-electron chi connectivity index (χ0n) is 7.34. The van der Waals surface area contributed by atoms with E-state index in [1.165, 1.54) is 0 Å². The summed E-state index contributed by atoms with van der Waals surface area (Å²) in [5.74, 6) is 0. The summed E-state index contributed by atoms with van der Waals surface area (Å²) < 4.78 is 1.04. The molecule has 0 amide bonds. The Morgan fingerprint density at radius 1 is 1.33 bits per heavy atom. The van der Waals surface area contributed by atoms with Crippen molar-refractivity contribution in [2.75, 3.05) is 0 Å². The Bertz CT molecular complexity index is 251. The first-order chi connectivity index (χ1) is 5.56. The maximum absolute atomic E-state index is 9.87. The molecule has 1 N–H and O–H groups in total. The van der Waals surface area contributed by atoms with E-state index in [9.17, 15) is 5.11 Å². The predicted octanol–water partition coefficient (Wildman–Crippen LogP) is 3.07. The van der Waals surface area contributed by atoms with Crippen molar-refractivity contribution in [1.82, 2.24) is 0 Å². The van der Waals surface area contributed by atoms with E-state index in [2.05, 4.69) is 15.9 Å². The summed E-state index contributed by atoms with van der Waals surface area (Å²) in [6.45, 7) is 3.80. The molecule has 0 bridgehead atoms. The van der Waals surface area contributed by atoms with E-state index in [1.54, 1.807) is 0 Å². The Balaban J connectivity index is 2.96. The number of hydrogen-bond acceptors (Lipinski definition) is 1. The third-order valence-electron chi connectivity index (χ3n) is 2.15. The second-order valence-electron chi connectivity index (χ2n) is 3.13. The van der Waals surface area contributed by atoms with Crippen molar-refractivity contribution >= 4 is 15.9 Å². The molecule has 0 aliphatic rings. The van der Waals surface area contributed by atoms with Crippen LogP contribution in [0.1, 0.15) is 25.8 Å². The monoisotopic (exact) mass is 228 g/mol. The molecule has 1 aromatic carbocycles. The molecule has 0 aliphatic heterocycles. The van der Waals surface area contributed by atoms with E-state index in [-0.39, 0.29) is 0 Å². The first kappa shape index (κ1) is 9.75. The van der Waals surface area contributed by atoms with Gasteiger partial charge >= 0.3 is 0 Å². The lowest BCUT2D eigenvalue weighted by Gasteiger charge is -2.21. The summed E-state index contributed by atoms with van der Waals surface area (Å²) in [6.07, 6.45) is 0.731. The minimum atomic E-state index is -0.694. The lowest BCUT2D eigenvalue weighted by atomic mass is 9.94. The number of hydrogen-bond donors (Lipinski definition) is 1. The summed E-state index contributed by atoms with van der Waals surface area (Å²) in [5, 5.41) is 9.87. The smallest absolute Gasteiger partial charge is 0.0865 e. The van der Waals surface area contributed by atoms with E-state index >= 15 is 0 Å². The molecule has 0 spiro atoms. The van der Waals surface area contributed by atoms with Gasteiger partial charge < -0.3 is 5.11 Å². The SMILES string of the molecule is CCC(C)(O)c1ccc(Br)cc1. The topological polar surface area (TPSA) is 20.2 Å². The van der Waals surface area contributed by atoms with Crippen LogP contribution in [0.3, 0.4) is 0 Å². The highest BCUT2D eigenvalue weighted by Gasteiger charge is 2.19. The van der Waals surface area contributed by atoms with E-state index in [0.717, 1.165) is 16.5 Å². The van der Waals surface area contributed by atoms with Gasteiger partial charge in [-0.25, -0.2) is 0 Å². The number of benzene rings is 1. The van der Waals surface area contributed by atoms with Gasteiger partial charge in [0.2, 0.25) is 0 Å². The summed E-state index contributed by atoms with van der Waals surface area (Å²) in [7, 11) is 0. The molecule has 0 saturated heterocycles. The molecular weight excluding hydrogens is 216 g/mol. The minimum absolute atomic E-state index is 0.694. The van der Waals surface area contributed by atoms with Gasteiger partial charge in [0.25, 0.3) is 0 Å². The zero-order valence-corrected chi connectivity index (χ0v) is 8.93. The fraction of sp³-hybridized carbons (Fsp3) is 0.400. The van der Waals surface area contributed by atoms with Gasteiger partial charge in [-0.2, -0.15) is 0 Å². The van der Waals surface area contributed by atoms with Crippen LogP contribution >= 0.6 is 15.9 Å². The van der Waals surface area contributed by atoms with E-state index in [4.69, 9.17) is 0 Å². The minimum Gasteiger partial charge on any atom is -0.385 e. The molecular formula is C10H13BrO. The molecule has 12 heavy (non-hydrogen) atoms. The fourth-order valence-electron chi connectivity index (χ4n) is 1.01. The molecule has 0 aromatic heterocycles. The third kappa shape index (κ3) is 2.08. The lowest BCUT2D eigenvalue weighted by molar-refractivity contribution is 0.0531. The normalized spacial score (nSPS) is 15.7. The molecule has 1 nitrogen and oxygen atoms in total. The second-order valence-corrected chi connectivity index (χ2v) is 4.05. The highest BCUT2D eigenvalue weighted by molar-refractivity contribution is 9.10. The van der Waals surface area contributed by atoms with Crippen molar-refractivity contribution in [1.29, 1.82) is 0 Å². The molecule has 1 unspecified atom stereocenters. The Labute approximate surface area is 81.6 Å². The Kier molecular flexibility index (Phi) is 2.91. The number of halogens is 1. The summed E-state index contributed by atoms with van der Waals surface area (Å²) >= 11 is 3.35. The quantitative estimate of drug-likeness (QED) is 0.826. The van der Waals surface area contributed by atoms with Gasteiger partial charge in [-0.15, -0.1) is 0 Å². The van der Waals surface area contributed by atoms with E-state index < -0.39 is 5.60 Å². The zero-order chi connectivity index (χ0) is 9.19. The van der Waals surface area contributed by atoms with Crippen molar-refractivity contribution in [3.05, 3.63) is 34.3 Å². The van der Waals surface area contributed by atoms with Crippen molar-refractivity contribution in [2.24, 2.45) is 0 Å². The Morgan fingerprint density at radius 2 is 1.83 bits per heavy atom. The molecule has 0 heterocycles. The van der Waals surface area contributed by atoms with Crippen LogP contribution in [0.2, 0.25) is 0 Å². The average molecular weight is 229 g/mol. The van der Waals surface area contributed by atoms with E-state index in [0.29, 0.717) is 0 Å². The van der Waals surface area contributed by atoms with Gasteiger partial charge in [0, 0.05) is 4.47 Å². The Morgan fingerprint density at radius 3 is 2.25 bits per heavy atom. The molecule has 0 saturated carbocycles. The predicted molar refractivity (Wildman–Crippen MR) is 54.0 cm³/mol. The van der Waals surface area contributed by atoms with Crippen molar-refractivity contribution in [3.63, 3.8) is 0 Å². The van der Waals surface area contributed by atoms with Crippen LogP contribution in [-0.2, 0) is 5.60 Å². The first-order valence-electron chi connectivity index (χ1n) is 4.04. The standard InChI is InChI=1S/C10H13BrO/c1-3-10(2,12)8-4-6-9(11)7-5-8/h4-7,12H,3H2,1-2H3. The van der Waals surface area contributed by atoms with Crippen LogP contribution in [0.25, 0.3) is 0 Å². The maximum Gasteiger partial charge on any atom is 0.0865 e. The van der Waals surface area contributed by atoms with Crippen LogP contribution in [-0.4, -0.2) is 5.11 Å². The molecule has 66 valence electrons. The van der Waals surface area contributed by atoms with Crippen molar-refractivity contribution in [3.8, 4) is 0 Å². The van der Waals surface area contributed by atoms with Crippen LogP contribution < -0.4 is 0 Å². The van der Waals surface area contributed by atoms with Gasteiger partial charge in [-0.1, -0.05) is 35.0 Å². The summed E-state index contributed by atoms with van der Waals surface area (Å²) in [5.41, 5.74) is 0.272. The van der Waals surface area contributed by atoms with E-state index in [1.807, 2.05) is 38.1 Å².